The lowest BCUT2D eigenvalue weighted by molar-refractivity contribution is 0.0323. The summed E-state index contributed by atoms with van der Waals surface area (Å²) in [5.41, 5.74) is 0.941. The van der Waals surface area contributed by atoms with Gasteiger partial charge in [-0.25, -0.2) is 14.8 Å². The highest BCUT2D eigenvalue weighted by Crippen LogP contribution is 2.16. The maximum Gasteiger partial charge on any atom is 0.376 e. The zero-order valence-electron chi connectivity index (χ0n) is 9.41. The molecule has 1 atom stereocenters. The quantitative estimate of drug-likeness (QED) is 0.757. The fourth-order valence-corrected chi connectivity index (χ4v) is 1.41. The summed E-state index contributed by atoms with van der Waals surface area (Å²) >= 11 is 0. The van der Waals surface area contributed by atoms with Gasteiger partial charge in [-0.1, -0.05) is 30.3 Å². The molecule has 4 heteroatoms. The molecule has 2 aromatic rings. The van der Waals surface area contributed by atoms with Crippen molar-refractivity contribution in [3.63, 3.8) is 0 Å². The van der Waals surface area contributed by atoms with E-state index in [9.17, 15) is 4.79 Å². The number of hydrogen-bond acceptors (Lipinski definition) is 4. The summed E-state index contributed by atoms with van der Waals surface area (Å²) in [7, 11) is 0. The van der Waals surface area contributed by atoms with Crippen molar-refractivity contribution in [2.45, 2.75) is 13.0 Å². The Balaban J connectivity index is 2.05. The molecule has 0 amide bonds. The molecule has 86 valence electrons. The molecule has 0 spiro atoms. The van der Waals surface area contributed by atoms with E-state index in [0.717, 1.165) is 5.56 Å². The van der Waals surface area contributed by atoms with Gasteiger partial charge in [-0.2, -0.15) is 0 Å². The third-order valence-corrected chi connectivity index (χ3v) is 2.30. The number of esters is 1. The summed E-state index contributed by atoms with van der Waals surface area (Å²) in [6.45, 7) is 1.82. The first kappa shape index (κ1) is 11.3. The molecule has 1 aromatic carbocycles. The summed E-state index contributed by atoms with van der Waals surface area (Å²) in [5.74, 6) is -0.433. The van der Waals surface area contributed by atoms with Crippen LogP contribution in [0.2, 0.25) is 0 Å². The lowest BCUT2D eigenvalue weighted by Gasteiger charge is -2.12. The number of ether oxygens (including phenoxy) is 1. The van der Waals surface area contributed by atoms with Crippen molar-refractivity contribution in [3.05, 3.63) is 60.2 Å². The Bertz CT molecular complexity index is 485. The van der Waals surface area contributed by atoms with Crippen LogP contribution < -0.4 is 0 Å². The van der Waals surface area contributed by atoms with Gasteiger partial charge in [0, 0.05) is 12.4 Å². The van der Waals surface area contributed by atoms with E-state index in [-0.39, 0.29) is 11.9 Å². The topological polar surface area (TPSA) is 52.1 Å². The van der Waals surface area contributed by atoms with E-state index in [1.165, 1.54) is 12.4 Å². The van der Waals surface area contributed by atoms with Crippen molar-refractivity contribution in [2.75, 3.05) is 0 Å². The summed E-state index contributed by atoms with van der Waals surface area (Å²) in [4.78, 5) is 19.4. The maximum absolute atomic E-state index is 11.7. The average molecular weight is 228 g/mol. The van der Waals surface area contributed by atoms with Crippen molar-refractivity contribution in [3.8, 4) is 0 Å². The molecule has 0 aliphatic rings. The second kappa shape index (κ2) is 5.21. The minimum absolute atomic E-state index is 0.0790. The van der Waals surface area contributed by atoms with Gasteiger partial charge in [0.15, 0.2) is 0 Å². The van der Waals surface area contributed by atoms with Crippen LogP contribution in [0.5, 0.6) is 0 Å². The lowest BCUT2D eigenvalue weighted by atomic mass is 10.1. The molecule has 17 heavy (non-hydrogen) atoms. The molecule has 1 heterocycles. The van der Waals surface area contributed by atoms with E-state index < -0.39 is 5.97 Å². The zero-order chi connectivity index (χ0) is 12.1. The van der Waals surface area contributed by atoms with Crippen LogP contribution in [0.4, 0.5) is 0 Å². The van der Waals surface area contributed by atoms with E-state index in [1.807, 2.05) is 37.3 Å². The fraction of sp³-hybridized carbons (Fsp3) is 0.154. The number of nitrogens with zero attached hydrogens (tertiary/aromatic N) is 2. The first-order valence-corrected chi connectivity index (χ1v) is 5.30. The highest BCUT2D eigenvalue weighted by molar-refractivity contribution is 5.85. The molecule has 0 aliphatic carbocycles. The molecule has 2 rings (SSSR count). The molecular formula is C13H12N2O2. The predicted octanol–water partition coefficient (Wildman–Crippen LogP) is 2.39. The molecule has 1 aromatic heterocycles. The second-order valence-corrected chi connectivity index (χ2v) is 3.53. The van der Waals surface area contributed by atoms with Gasteiger partial charge in [0.05, 0.1) is 0 Å². The van der Waals surface area contributed by atoms with Crippen LogP contribution in [0.15, 0.2) is 48.8 Å². The van der Waals surface area contributed by atoms with Crippen molar-refractivity contribution >= 4 is 5.97 Å². The summed E-state index contributed by atoms with van der Waals surface area (Å²) in [6, 6.07) is 11.2. The number of aromatic nitrogens is 2. The normalized spacial score (nSPS) is 11.8. The van der Waals surface area contributed by atoms with Crippen molar-refractivity contribution in [1.82, 2.24) is 9.97 Å². The number of carbonyl (C=O) groups excluding carboxylic acids is 1. The number of rotatable bonds is 3. The first-order valence-electron chi connectivity index (χ1n) is 5.30. The van der Waals surface area contributed by atoms with Crippen LogP contribution >= 0.6 is 0 Å². The monoisotopic (exact) mass is 228 g/mol. The standard InChI is InChI=1S/C13H12N2O2/c1-10(11-6-3-2-4-7-11)17-13(16)12-14-8-5-9-15-12/h2-10H,1H3. The Labute approximate surface area is 99.3 Å². The van der Waals surface area contributed by atoms with Crippen LogP contribution in [-0.4, -0.2) is 15.9 Å². The molecule has 0 aliphatic heterocycles. The predicted molar refractivity (Wildman–Crippen MR) is 62.3 cm³/mol. The van der Waals surface area contributed by atoms with Gasteiger partial charge >= 0.3 is 5.97 Å². The van der Waals surface area contributed by atoms with Gasteiger partial charge in [-0.15, -0.1) is 0 Å². The largest absolute Gasteiger partial charge is 0.452 e. The number of benzene rings is 1. The van der Waals surface area contributed by atoms with Gasteiger partial charge < -0.3 is 4.74 Å². The SMILES string of the molecule is CC(OC(=O)c1ncccn1)c1ccccc1. The van der Waals surface area contributed by atoms with Crippen LogP contribution in [0.25, 0.3) is 0 Å². The smallest absolute Gasteiger partial charge is 0.376 e. The Morgan fingerprint density at radius 1 is 1.12 bits per heavy atom. The van der Waals surface area contributed by atoms with Crippen LogP contribution in [0, 0.1) is 0 Å². The van der Waals surface area contributed by atoms with E-state index in [2.05, 4.69) is 9.97 Å². The Kier molecular flexibility index (Phi) is 3.45. The van der Waals surface area contributed by atoms with Crippen LogP contribution in [-0.2, 0) is 4.74 Å². The van der Waals surface area contributed by atoms with Crippen molar-refractivity contribution in [2.24, 2.45) is 0 Å². The molecule has 0 bridgehead atoms. The third-order valence-electron chi connectivity index (χ3n) is 2.30. The molecule has 0 radical (unpaired) electrons. The Morgan fingerprint density at radius 3 is 2.41 bits per heavy atom. The summed E-state index contributed by atoms with van der Waals surface area (Å²) in [6.07, 6.45) is 2.71. The molecule has 1 unspecified atom stereocenters. The first-order chi connectivity index (χ1) is 8.27. The highest BCUT2D eigenvalue weighted by Gasteiger charge is 2.15. The molecule has 0 fully saturated rings. The minimum Gasteiger partial charge on any atom is -0.452 e. The fourth-order valence-electron chi connectivity index (χ4n) is 1.41. The summed E-state index contributed by atoms with van der Waals surface area (Å²) < 4.78 is 5.26. The zero-order valence-corrected chi connectivity index (χ0v) is 9.41. The second-order valence-electron chi connectivity index (χ2n) is 3.53. The minimum atomic E-state index is -0.512. The van der Waals surface area contributed by atoms with Crippen molar-refractivity contribution < 1.29 is 9.53 Å². The van der Waals surface area contributed by atoms with E-state index in [1.54, 1.807) is 6.07 Å². The maximum atomic E-state index is 11.7. The molecular weight excluding hydrogens is 216 g/mol. The number of carbonyl (C=O) groups is 1. The van der Waals surface area contributed by atoms with E-state index >= 15 is 0 Å². The van der Waals surface area contributed by atoms with Crippen LogP contribution in [0.3, 0.4) is 0 Å². The van der Waals surface area contributed by atoms with Gasteiger partial charge in [0.25, 0.3) is 0 Å². The average Bonchev–Trinajstić information content (AvgIpc) is 2.40. The molecule has 0 saturated heterocycles. The van der Waals surface area contributed by atoms with E-state index in [0.29, 0.717) is 0 Å². The Morgan fingerprint density at radius 2 is 1.76 bits per heavy atom. The van der Waals surface area contributed by atoms with Gasteiger partial charge in [-0.3, -0.25) is 0 Å². The van der Waals surface area contributed by atoms with Crippen LogP contribution in [0.1, 0.15) is 29.2 Å². The van der Waals surface area contributed by atoms with E-state index in [4.69, 9.17) is 4.74 Å². The lowest BCUT2D eigenvalue weighted by Crippen LogP contribution is -2.12. The van der Waals surface area contributed by atoms with Crippen molar-refractivity contribution in [1.29, 1.82) is 0 Å². The molecule has 4 nitrogen and oxygen atoms in total. The number of hydrogen-bond donors (Lipinski definition) is 0. The van der Waals surface area contributed by atoms with Gasteiger partial charge in [0.1, 0.15) is 6.10 Å². The van der Waals surface area contributed by atoms with Gasteiger partial charge in [0.2, 0.25) is 5.82 Å². The molecule has 0 saturated carbocycles. The highest BCUT2D eigenvalue weighted by atomic mass is 16.5. The Hall–Kier alpha value is -2.23. The summed E-state index contributed by atoms with van der Waals surface area (Å²) in [5, 5.41) is 0. The third kappa shape index (κ3) is 2.87. The van der Waals surface area contributed by atoms with Gasteiger partial charge in [-0.05, 0) is 18.6 Å². The molecule has 0 N–H and O–H groups in total.